The van der Waals surface area contributed by atoms with Gasteiger partial charge in [0.2, 0.25) is 10.0 Å². The lowest BCUT2D eigenvalue weighted by atomic mass is 10.2. The van der Waals surface area contributed by atoms with E-state index in [1.165, 1.54) is 4.31 Å². The van der Waals surface area contributed by atoms with Gasteiger partial charge in [-0.3, -0.25) is 4.31 Å². The van der Waals surface area contributed by atoms with E-state index < -0.39 is 10.0 Å². The summed E-state index contributed by atoms with van der Waals surface area (Å²) >= 11 is 0. The van der Waals surface area contributed by atoms with Crippen LogP contribution in [0.5, 0.6) is 0 Å². The van der Waals surface area contributed by atoms with Crippen molar-refractivity contribution >= 4 is 15.8 Å². The molecule has 18 heavy (non-hydrogen) atoms. The van der Waals surface area contributed by atoms with Gasteiger partial charge >= 0.3 is 0 Å². The molecule has 0 aliphatic carbocycles. The van der Waals surface area contributed by atoms with Gasteiger partial charge < -0.3 is 5.73 Å². The third kappa shape index (κ3) is 2.63. The van der Waals surface area contributed by atoms with Crippen LogP contribution in [0, 0.1) is 17.8 Å². The first-order valence-electron chi connectivity index (χ1n) is 5.68. The van der Waals surface area contributed by atoms with Crippen LogP contribution in [0.4, 0.5) is 5.82 Å². The molecule has 1 aromatic heterocycles. The van der Waals surface area contributed by atoms with Crippen molar-refractivity contribution < 1.29 is 8.42 Å². The lowest BCUT2D eigenvalue weighted by Gasteiger charge is -2.15. The van der Waals surface area contributed by atoms with Crippen molar-refractivity contribution in [3.05, 3.63) is 23.9 Å². The molecule has 1 atom stereocenters. The lowest BCUT2D eigenvalue weighted by molar-refractivity contribution is 0.597. The smallest absolute Gasteiger partial charge is 0.236 e. The molecule has 0 radical (unpaired) electrons. The molecule has 0 spiro atoms. The summed E-state index contributed by atoms with van der Waals surface area (Å²) in [6.07, 6.45) is 1.56. The average Bonchev–Trinajstić information content (AvgIpc) is 2.60. The molecule has 0 amide bonds. The van der Waals surface area contributed by atoms with Gasteiger partial charge in [-0.05, 0) is 18.1 Å². The highest BCUT2D eigenvalue weighted by Gasteiger charge is 2.34. The van der Waals surface area contributed by atoms with Crippen LogP contribution in [0.1, 0.15) is 12.5 Å². The van der Waals surface area contributed by atoms with Crippen LogP contribution in [-0.2, 0) is 10.0 Å². The SMILES string of the molecule is CC1CN(c2cc(C#CCN)ccn2)S(=O)(=O)C1. The van der Waals surface area contributed by atoms with Gasteiger partial charge in [0.1, 0.15) is 5.82 Å². The van der Waals surface area contributed by atoms with Crippen LogP contribution < -0.4 is 10.0 Å². The highest BCUT2D eigenvalue weighted by molar-refractivity contribution is 7.93. The fourth-order valence-corrected chi connectivity index (χ4v) is 3.79. The summed E-state index contributed by atoms with van der Waals surface area (Å²) in [6.45, 7) is 2.66. The number of rotatable bonds is 1. The fourth-order valence-electron chi connectivity index (χ4n) is 1.92. The zero-order valence-electron chi connectivity index (χ0n) is 10.1. The van der Waals surface area contributed by atoms with Gasteiger partial charge in [-0.25, -0.2) is 13.4 Å². The molecule has 5 nitrogen and oxygen atoms in total. The molecule has 2 heterocycles. The van der Waals surface area contributed by atoms with Crippen LogP contribution in [0.2, 0.25) is 0 Å². The monoisotopic (exact) mass is 265 g/mol. The maximum absolute atomic E-state index is 11.9. The lowest BCUT2D eigenvalue weighted by Crippen LogP contribution is -2.26. The Morgan fingerprint density at radius 2 is 2.39 bits per heavy atom. The first-order chi connectivity index (χ1) is 8.53. The van der Waals surface area contributed by atoms with Gasteiger partial charge in [0.05, 0.1) is 12.3 Å². The van der Waals surface area contributed by atoms with E-state index in [-0.39, 0.29) is 18.2 Å². The van der Waals surface area contributed by atoms with Gasteiger partial charge in [0.25, 0.3) is 0 Å². The Hall–Kier alpha value is -1.58. The second-order valence-corrected chi connectivity index (χ2v) is 6.26. The molecule has 2 rings (SSSR count). The second-order valence-electron chi connectivity index (χ2n) is 4.32. The predicted molar refractivity (Wildman–Crippen MR) is 70.5 cm³/mol. The summed E-state index contributed by atoms with van der Waals surface area (Å²) in [4.78, 5) is 4.11. The second kappa shape index (κ2) is 4.96. The highest BCUT2D eigenvalue weighted by Crippen LogP contribution is 2.25. The van der Waals surface area contributed by atoms with E-state index in [0.717, 1.165) is 5.56 Å². The molecule has 2 N–H and O–H groups in total. The van der Waals surface area contributed by atoms with Gasteiger partial charge in [-0.15, -0.1) is 0 Å². The fraction of sp³-hybridized carbons (Fsp3) is 0.417. The minimum absolute atomic E-state index is 0.121. The minimum Gasteiger partial charge on any atom is -0.320 e. The average molecular weight is 265 g/mol. The Kier molecular flexibility index (Phi) is 3.55. The summed E-state index contributed by atoms with van der Waals surface area (Å²) in [5.41, 5.74) is 6.02. The molecule has 1 saturated heterocycles. The van der Waals surface area contributed by atoms with E-state index in [1.807, 2.05) is 6.92 Å². The van der Waals surface area contributed by atoms with Crippen LogP contribution in [0.15, 0.2) is 18.3 Å². The van der Waals surface area contributed by atoms with Crippen LogP contribution in [-0.4, -0.2) is 32.2 Å². The third-order valence-corrected chi connectivity index (χ3v) is 4.64. The number of nitrogens with zero attached hydrogens (tertiary/aromatic N) is 2. The number of hydrogen-bond acceptors (Lipinski definition) is 4. The van der Waals surface area contributed by atoms with Gasteiger partial charge in [-0.2, -0.15) is 0 Å². The van der Waals surface area contributed by atoms with Crippen LogP contribution in [0.25, 0.3) is 0 Å². The van der Waals surface area contributed by atoms with Crippen molar-refractivity contribution in [3.8, 4) is 11.8 Å². The Morgan fingerprint density at radius 3 is 3.00 bits per heavy atom. The van der Waals surface area contributed by atoms with E-state index in [0.29, 0.717) is 12.4 Å². The molecule has 0 saturated carbocycles. The van der Waals surface area contributed by atoms with Crippen LogP contribution >= 0.6 is 0 Å². The molecular weight excluding hydrogens is 250 g/mol. The molecule has 0 aromatic carbocycles. The molecule has 6 heteroatoms. The van der Waals surface area contributed by atoms with Crippen molar-refractivity contribution in [1.82, 2.24) is 4.98 Å². The normalized spacial score (nSPS) is 21.4. The molecular formula is C12H15N3O2S. The van der Waals surface area contributed by atoms with Crippen molar-refractivity contribution in [1.29, 1.82) is 0 Å². The number of hydrogen-bond donors (Lipinski definition) is 1. The quantitative estimate of drug-likeness (QED) is 0.735. The molecule has 1 aliphatic rings. The zero-order valence-corrected chi connectivity index (χ0v) is 10.9. The summed E-state index contributed by atoms with van der Waals surface area (Å²) in [7, 11) is -3.23. The van der Waals surface area contributed by atoms with E-state index in [2.05, 4.69) is 16.8 Å². The topological polar surface area (TPSA) is 76.3 Å². The predicted octanol–water partition coefficient (Wildman–Crippen LogP) is 0.178. The molecule has 1 aromatic rings. The molecule has 0 bridgehead atoms. The number of nitrogens with two attached hydrogens (primary N) is 1. The Bertz CT molecular complexity index is 601. The van der Waals surface area contributed by atoms with Crippen LogP contribution in [0.3, 0.4) is 0 Å². The first-order valence-corrected chi connectivity index (χ1v) is 7.29. The number of anilines is 1. The van der Waals surface area contributed by atoms with E-state index in [1.54, 1.807) is 18.3 Å². The standard InChI is InChI=1S/C12H15N3O2S/c1-10-8-15(18(16,17)9-10)12-7-11(3-2-5-13)4-6-14-12/h4,6-7,10H,5,8-9,13H2,1H3. The van der Waals surface area contributed by atoms with E-state index in [4.69, 9.17) is 5.73 Å². The summed E-state index contributed by atoms with van der Waals surface area (Å²) < 4.78 is 25.2. The summed E-state index contributed by atoms with van der Waals surface area (Å²) in [5, 5.41) is 0. The van der Waals surface area contributed by atoms with Crippen molar-refractivity contribution in [2.75, 3.05) is 23.1 Å². The molecule has 1 unspecified atom stereocenters. The van der Waals surface area contributed by atoms with Crippen molar-refractivity contribution in [2.45, 2.75) is 6.92 Å². The number of aromatic nitrogens is 1. The minimum atomic E-state index is -3.23. The maximum Gasteiger partial charge on any atom is 0.236 e. The van der Waals surface area contributed by atoms with E-state index in [9.17, 15) is 8.42 Å². The Balaban J connectivity index is 2.34. The van der Waals surface area contributed by atoms with Crippen molar-refractivity contribution in [3.63, 3.8) is 0 Å². The largest absolute Gasteiger partial charge is 0.320 e. The number of pyridine rings is 1. The van der Waals surface area contributed by atoms with Gasteiger partial charge in [0.15, 0.2) is 0 Å². The summed E-state index contributed by atoms with van der Waals surface area (Å²) in [5.74, 6) is 6.33. The van der Waals surface area contributed by atoms with Gasteiger partial charge in [0, 0.05) is 18.3 Å². The highest BCUT2D eigenvalue weighted by atomic mass is 32.2. The first kappa shape index (κ1) is 12.9. The zero-order chi connectivity index (χ0) is 13.2. The Labute approximate surface area is 107 Å². The summed E-state index contributed by atoms with van der Waals surface area (Å²) in [6, 6.07) is 3.41. The molecule has 1 fully saturated rings. The molecule has 1 aliphatic heterocycles. The Morgan fingerprint density at radius 1 is 1.61 bits per heavy atom. The van der Waals surface area contributed by atoms with Gasteiger partial charge in [-0.1, -0.05) is 18.8 Å². The van der Waals surface area contributed by atoms with Crippen molar-refractivity contribution in [2.24, 2.45) is 11.7 Å². The number of sulfonamides is 1. The third-order valence-electron chi connectivity index (χ3n) is 2.64. The molecule has 96 valence electrons. The maximum atomic E-state index is 11.9. The van der Waals surface area contributed by atoms with E-state index >= 15 is 0 Å².